The van der Waals surface area contributed by atoms with Crippen LogP contribution in [0.5, 0.6) is 0 Å². The van der Waals surface area contributed by atoms with E-state index in [4.69, 9.17) is 5.11 Å². The number of nitrogens with one attached hydrogen (secondary N) is 2. The molecule has 0 radical (unpaired) electrons. The maximum absolute atomic E-state index is 12.9. The Morgan fingerprint density at radius 2 is 1.89 bits per heavy atom. The van der Waals surface area contributed by atoms with Gasteiger partial charge in [-0.15, -0.1) is 0 Å². The zero-order chi connectivity index (χ0) is 27.4. The fraction of sp³-hybridized carbons (Fsp3) is 0.259. The highest BCUT2D eigenvalue weighted by atomic mass is 19.4. The van der Waals surface area contributed by atoms with Crippen LogP contribution in [0.2, 0.25) is 0 Å². The number of pyridine rings is 1. The van der Waals surface area contributed by atoms with Gasteiger partial charge >= 0.3 is 6.18 Å². The summed E-state index contributed by atoms with van der Waals surface area (Å²) in [6.45, 7) is 2.01. The van der Waals surface area contributed by atoms with Crippen LogP contribution < -0.4 is 10.6 Å². The number of nitrogens with zero attached hydrogens (tertiary/aromatic N) is 2. The monoisotopic (exact) mass is 524 g/mol. The normalized spacial score (nSPS) is 12.7. The third kappa shape index (κ3) is 5.76. The Hall–Kier alpha value is -4.43. The average molecular weight is 524 g/mol. The number of rotatable bonds is 8. The van der Waals surface area contributed by atoms with Crippen LogP contribution >= 0.6 is 0 Å². The van der Waals surface area contributed by atoms with Crippen molar-refractivity contribution in [1.82, 2.24) is 20.5 Å². The molecule has 3 N–H and O–H groups in total. The molecule has 0 unspecified atom stereocenters. The predicted molar refractivity (Wildman–Crippen MR) is 129 cm³/mol. The van der Waals surface area contributed by atoms with Gasteiger partial charge in [-0.3, -0.25) is 19.4 Å². The molecule has 3 amide bonds. The van der Waals surface area contributed by atoms with Crippen LogP contribution in [0, 0.1) is 19.1 Å². The summed E-state index contributed by atoms with van der Waals surface area (Å²) in [6, 6.07) is 13.2. The van der Waals surface area contributed by atoms with E-state index >= 15 is 0 Å². The lowest BCUT2D eigenvalue weighted by atomic mass is 10.0. The molecule has 0 spiro atoms. The molecule has 2 aromatic carbocycles. The minimum atomic E-state index is -4.51. The van der Waals surface area contributed by atoms with E-state index in [0.29, 0.717) is 27.8 Å². The second-order valence-corrected chi connectivity index (χ2v) is 8.68. The zero-order valence-electron chi connectivity index (χ0n) is 20.3. The third-order valence-electron chi connectivity index (χ3n) is 6.00. The maximum atomic E-state index is 12.9. The van der Waals surface area contributed by atoms with Gasteiger partial charge in [-0.05, 0) is 42.3 Å². The Labute approximate surface area is 216 Å². The van der Waals surface area contributed by atoms with E-state index in [0.717, 1.165) is 11.6 Å². The van der Waals surface area contributed by atoms with Gasteiger partial charge in [0.1, 0.15) is 11.3 Å². The first-order valence-electron chi connectivity index (χ1n) is 11.6. The van der Waals surface area contributed by atoms with Crippen molar-refractivity contribution in [3.8, 4) is 0 Å². The van der Waals surface area contributed by atoms with Gasteiger partial charge in [-0.1, -0.05) is 24.3 Å². The number of fused-ring (bicyclic) bond motifs is 1. The van der Waals surface area contributed by atoms with Gasteiger partial charge in [0.2, 0.25) is 0 Å². The van der Waals surface area contributed by atoms with Crippen LogP contribution in [0.4, 0.5) is 13.2 Å². The quantitative estimate of drug-likeness (QED) is 0.420. The van der Waals surface area contributed by atoms with Crippen molar-refractivity contribution >= 4 is 17.7 Å². The number of carbonyl (C=O) groups is 3. The van der Waals surface area contributed by atoms with Crippen LogP contribution in [0.1, 0.15) is 59.0 Å². The Morgan fingerprint density at radius 3 is 2.55 bits per heavy atom. The molecule has 2 heterocycles. The second-order valence-electron chi connectivity index (χ2n) is 8.68. The molecule has 0 aliphatic carbocycles. The molecule has 1 aromatic heterocycles. The Balaban J connectivity index is 1.40. The van der Waals surface area contributed by atoms with Crippen LogP contribution in [0.3, 0.4) is 0 Å². The number of aliphatic hydroxyl groups is 1. The van der Waals surface area contributed by atoms with Crippen molar-refractivity contribution in [3.63, 3.8) is 0 Å². The van der Waals surface area contributed by atoms with Crippen LogP contribution in [-0.4, -0.2) is 45.9 Å². The second kappa shape index (κ2) is 10.9. The fourth-order valence-corrected chi connectivity index (χ4v) is 4.12. The summed E-state index contributed by atoms with van der Waals surface area (Å²) in [4.78, 5) is 43.7. The van der Waals surface area contributed by atoms with Gasteiger partial charge in [0, 0.05) is 48.1 Å². The molecule has 11 heteroatoms. The molecule has 1 aliphatic heterocycles. The first-order valence-corrected chi connectivity index (χ1v) is 11.6. The summed E-state index contributed by atoms with van der Waals surface area (Å²) in [5.74, 6) is -1.12. The predicted octanol–water partition coefficient (Wildman–Crippen LogP) is 2.82. The third-order valence-corrected chi connectivity index (χ3v) is 6.00. The molecule has 4 rings (SSSR count). The van der Waals surface area contributed by atoms with Crippen molar-refractivity contribution in [2.75, 3.05) is 13.2 Å². The smallest absolute Gasteiger partial charge is 0.395 e. The van der Waals surface area contributed by atoms with Crippen molar-refractivity contribution < 1.29 is 32.7 Å². The Bertz CT molecular complexity index is 1370. The highest BCUT2D eigenvalue weighted by molar-refractivity contribution is 6.03. The fourth-order valence-electron chi connectivity index (χ4n) is 4.12. The highest BCUT2D eigenvalue weighted by Gasteiger charge is 2.32. The van der Waals surface area contributed by atoms with E-state index in [-0.39, 0.29) is 44.4 Å². The van der Waals surface area contributed by atoms with Crippen LogP contribution in [0.25, 0.3) is 0 Å². The summed E-state index contributed by atoms with van der Waals surface area (Å²) in [5, 5.41) is 14.1. The Morgan fingerprint density at radius 1 is 1.11 bits per heavy atom. The number of hydrogen-bond acceptors (Lipinski definition) is 5. The number of alkyl halides is 3. The molecule has 0 saturated carbocycles. The molecule has 3 aromatic rings. The molecule has 0 bridgehead atoms. The topological polar surface area (TPSA) is 112 Å². The van der Waals surface area contributed by atoms with Gasteiger partial charge in [-0.2, -0.15) is 13.2 Å². The van der Waals surface area contributed by atoms with E-state index < -0.39 is 23.6 Å². The maximum Gasteiger partial charge on any atom is 0.424 e. The number of amides is 3. The summed E-state index contributed by atoms with van der Waals surface area (Å²) < 4.78 is 38.0. The van der Waals surface area contributed by atoms with Gasteiger partial charge in [0.15, 0.2) is 0 Å². The first kappa shape index (κ1) is 26.6. The lowest BCUT2D eigenvalue weighted by Gasteiger charge is -2.17. The summed E-state index contributed by atoms with van der Waals surface area (Å²) in [6.07, 6.45) is -3.11. The van der Waals surface area contributed by atoms with E-state index in [1.165, 1.54) is 12.3 Å². The lowest BCUT2D eigenvalue weighted by molar-refractivity contribution is -0.137. The molecule has 0 fully saturated rings. The van der Waals surface area contributed by atoms with Crippen molar-refractivity contribution in [2.24, 2.45) is 0 Å². The minimum absolute atomic E-state index is 0.0164. The SMILES string of the molecule is Cc1cc(CN2Cc3c(ccnc3C(=O)NCCO)C2=O)ccc1C(=O)NCc1c#cc(C(F)(F)F)cc1. The number of carbonyl (C=O) groups excluding carboxylic acids is 3. The summed E-state index contributed by atoms with van der Waals surface area (Å²) >= 11 is 0. The van der Waals surface area contributed by atoms with E-state index in [1.54, 1.807) is 36.1 Å². The van der Waals surface area contributed by atoms with E-state index in [2.05, 4.69) is 27.8 Å². The summed E-state index contributed by atoms with van der Waals surface area (Å²) in [7, 11) is 0. The largest absolute Gasteiger partial charge is 0.424 e. The van der Waals surface area contributed by atoms with E-state index in [1.807, 2.05) is 0 Å². The van der Waals surface area contributed by atoms with Gasteiger partial charge in [0.25, 0.3) is 17.7 Å². The average Bonchev–Trinajstić information content (AvgIpc) is 3.20. The molecule has 8 nitrogen and oxygen atoms in total. The Kier molecular flexibility index (Phi) is 7.64. The van der Waals surface area contributed by atoms with E-state index in [9.17, 15) is 27.6 Å². The lowest BCUT2D eigenvalue weighted by Crippen LogP contribution is -2.28. The molecule has 1 aliphatic rings. The number of aliphatic hydroxyl groups excluding tert-OH is 1. The van der Waals surface area contributed by atoms with Gasteiger partial charge in [-0.25, -0.2) is 0 Å². The van der Waals surface area contributed by atoms with Crippen molar-refractivity contribution in [2.45, 2.75) is 32.7 Å². The number of aryl methyl sites for hydroxylation is 1. The summed E-state index contributed by atoms with van der Waals surface area (Å²) in [5.41, 5.74) is 2.26. The minimum Gasteiger partial charge on any atom is -0.395 e. The number of hydrogen-bond donors (Lipinski definition) is 3. The molecule has 38 heavy (non-hydrogen) atoms. The molecule has 0 atom stereocenters. The molecular formula is C27H23F3N4O4. The zero-order valence-corrected chi connectivity index (χ0v) is 20.3. The molecule has 0 saturated heterocycles. The number of aromatic nitrogens is 1. The number of halogens is 3. The van der Waals surface area contributed by atoms with Crippen molar-refractivity contribution in [3.05, 3.63) is 99.4 Å². The van der Waals surface area contributed by atoms with Crippen LogP contribution in [-0.2, 0) is 25.8 Å². The first-order chi connectivity index (χ1) is 18.1. The standard InChI is InChI=1S/C27H23F3N4O4/c1-16-12-18(4-7-20(16)24(36)33-13-17-2-5-19(6-3-17)27(28,29)30)14-34-15-22-21(26(34)38)8-9-31-23(22)25(37)32-10-11-35/h2,4-5,7-9,12,35H,10-11,13-15H2,1H3,(H,32,37)(H,33,36). The molecular weight excluding hydrogens is 501 g/mol. The highest BCUT2D eigenvalue weighted by Crippen LogP contribution is 2.28. The number of benzene rings is 1. The molecule has 196 valence electrons. The van der Waals surface area contributed by atoms with Gasteiger partial charge < -0.3 is 20.6 Å². The van der Waals surface area contributed by atoms with Crippen molar-refractivity contribution in [1.29, 1.82) is 0 Å². The van der Waals surface area contributed by atoms with Gasteiger partial charge in [0.05, 0.1) is 13.2 Å². The van der Waals surface area contributed by atoms with Crippen LogP contribution in [0.15, 0.2) is 42.6 Å².